The lowest BCUT2D eigenvalue weighted by atomic mass is 10.1. The molecule has 0 aromatic heterocycles. The Balaban J connectivity index is 2.48. The van der Waals surface area contributed by atoms with Gasteiger partial charge < -0.3 is 4.74 Å². The van der Waals surface area contributed by atoms with Gasteiger partial charge >= 0.3 is 0 Å². The van der Waals surface area contributed by atoms with Gasteiger partial charge in [-0.25, -0.2) is 0 Å². The first-order valence-corrected chi connectivity index (χ1v) is 11.0. The molecule has 1 nitrogen and oxygen atoms in total. The number of benzene rings is 1. The minimum Gasteiger partial charge on any atom is -0.496 e. The summed E-state index contributed by atoms with van der Waals surface area (Å²) < 4.78 is 5.39. The predicted octanol–water partition coefficient (Wildman–Crippen LogP) is 4.58. The van der Waals surface area contributed by atoms with E-state index in [1.165, 1.54) is 22.9 Å². The lowest BCUT2D eigenvalue weighted by Gasteiger charge is -2.15. The smallest absolute Gasteiger partial charge is 0.122 e. The van der Waals surface area contributed by atoms with Crippen molar-refractivity contribution in [3.05, 3.63) is 29.3 Å². The number of aryl methyl sites for hydroxylation is 1. The summed E-state index contributed by atoms with van der Waals surface area (Å²) in [6.45, 7) is 9.43. The van der Waals surface area contributed by atoms with Crippen LogP contribution in [0.25, 0.3) is 0 Å². The standard InChI is InChI=1S/C14H24OSSi/c1-12-6-7-14(15-2)13(10-12)11-16-8-9-17(3,4)5/h6-7,10H,8-9,11H2,1-5H3. The van der Waals surface area contributed by atoms with Gasteiger partial charge in [0.25, 0.3) is 0 Å². The van der Waals surface area contributed by atoms with Crippen molar-refractivity contribution in [2.24, 2.45) is 0 Å². The fourth-order valence-electron chi connectivity index (χ4n) is 1.58. The molecule has 0 aliphatic rings. The highest BCUT2D eigenvalue weighted by atomic mass is 32.2. The first-order chi connectivity index (χ1) is 7.92. The Bertz CT molecular complexity index is 358. The SMILES string of the molecule is COc1ccc(C)cc1CSCC[Si](C)(C)C. The van der Waals surface area contributed by atoms with Crippen LogP contribution in [0.3, 0.4) is 0 Å². The maximum absolute atomic E-state index is 5.39. The highest BCUT2D eigenvalue weighted by Gasteiger charge is 2.12. The van der Waals surface area contributed by atoms with Gasteiger partial charge in [0.05, 0.1) is 7.11 Å². The lowest BCUT2D eigenvalue weighted by molar-refractivity contribution is 0.411. The van der Waals surface area contributed by atoms with Crippen molar-refractivity contribution < 1.29 is 4.74 Å². The maximum atomic E-state index is 5.39. The van der Waals surface area contributed by atoms with Crippen molar-refractivity contribution in [2.75, 3.05) is 12.9 Å². The monoisotopic (exact) mass is 268 g/mol. The second-order valence-electron chi connectivity index (χ2n) is 5.68. The summed E-state index contributed by atoms with van der Waals surface area (Å²) in [5.74, 6) is 3.36. The molecule has 0 amide bonds. The Kier molecular flexibility index (Phi) is 5.60. The Morgan fingerprint density at radius 2 is 1.94 bits per heavy atom. The molecule has 0 fully saturated rings. The molecule has 0 spiro atoms. The number of thioether (sulfide) groups is 1. The summed E-state index contributed by atoms with van der Waals surface area (Å²) >= 11 is 2.03. The van der Waals surface area contributed by atoms with Crippen molar-refractivity contribution >= 4 is 19.8 Å². The normalized spacial score (nSPS) is 11.6. The van der Waals surface area contributed by atoms with Crippen molar-refractivity contribution in [3.63, 3.8) is 0 Å². The van der Waals surface area contributed by atoms with E-state index in [1.54, 1.807) is 7.11 Å². The number of hydrogen-bond acceptors (Lipinski definition) is 2. The quantitative estimate of drug-likeness (QED) is 0.552. The summed E-state index contributed by atoms with van der Waals surface area (Å²) in [6.07, 6.45) is 0. The topological polar surface area (TPSA) is 9.23 Å². The summed E-state index contributed by atoms with van der Waals surface area (Å²) in [7, 11) is 0.871. The summed E-state index contributed by atoms with van der Waals surface area (Å²) in [5, 5.41) is 0. The third kappa shape index (κ3) is 5.64. The van der Waals surface area contributed by atoms with Crippen LogP contribution in [0.15, 0.2) is 18.2 Å². The molecule has 0 bridgehead atoms. The molecule has 0 atom stereocenters. The molecule has 0 saturated heterocycles. The van der Waals surface area contributed by atoms with Gasteiger partial charge in [0.2, 0.25) is 0 Å². The predicted molar refractivity (Wildman–Crippen MR) is 82.0 cm³/mol. The van der Waals surface area contributed by atoms with E-state index < -0.39 is 8.07 Å². The molecule has 17 heavy (non-hydrogen) atoms. The van der Waals surface area contributed by atoms with Crippen LogP contribution in [0.4, 0.5) is 0 Å². The second kappa shape index (κ2) is 6.50. The van der Waals surface area contributed by atoms with Gasteiger partial charge in [0.1, 0.15) is 5.75 Å². The van der Waals surface area contributed by atoms with Gasteiger partial charge in [-0.2, -0.15) is 11.8 Å². The van der Waals surface area contributed by atoms with Crippen LogP contribution >= 0.6 is 11.8 Å². The molecule has 0 radical (unpaired) electrons. The molecule has 0 aliphatic carbocycles. The van der Waals surface area contributed by atoms with Crippen LogP contribution in [0, 0.1) is 6.92 Å². The second-order valence-corrected chi connectivity index (χ2v) is 12.4. The average Bonchev–Trinajstić information content (AvgIpc) is 2.23. The van der Waals surface area contributed by atoms with Crippen molar-refractivity contribution in [1.82, 2.24) is 0 Å². The van der Waals surface area contributed by atoms with Gasteiger partial charge in [-0.05, 0) is 24.8 Å². The first-order valence-electron chi connectivity index (χ1n) is 6.13. The highest BCUT2D eigenvalue weighted by molar-refractivity contribution is 7.98. The number of rotatable bonds is 6. The Hall–Kier alpha value is -0.413. The van der Waals surface area contributed by atoms with Gasteiger partial charge in [-0.3, -0.25) is 0 Å². The number of ether oxygens (including phenoxy) is 1. The molecule has 1 aromatic carbocycles. The largest absolute Gasteiger partial charge is 0.496 e. The van der Waals surface area contributed by atoms with E-state index in [0.717, 1.165) is 11.5 Å². The van der Waals surface area contributed by atoms with Crippen LogP contribution in [0.2, 0.25) is 25.7 Å². The van der Waals surface area contributed by atoms with Crippen LogP contribution < -0.4 is 4.74 Å². The zero-order valence-electron chi connectivity index (χ0n) is 11.7. The molecule has 3 heteroatoms. The third-order valence-corrected chi connectivity index (χ3v) is 5.81. The zero-order chi connectivity index (χ0) is 12.9. The van der Waals surface area contributed by atoms with Crippen LogP contribution in [0.5, 0.6) is 5.75 Å². The molecule has 96 valence electrons. The summed E-state index contributed by atoms with van der Waals surface area (Å²) in [5.41, 5.74) is 2.64. The minimum atomic E-state index is -0.880. The molecule has 0 saturated carbocycles. The molecule has 1 rings (SSSR count). The molecule has 0 heterocycles. The minimum absolute atomic E-state index is 0.880. The van der Waals surface area contributed by atoms with Crippen molar-refractivity contribution in [1.29, 1.82) is 0 Å². The van der Waals surface area contributed by atoms with E-state index in [4.69, 9.17) is 4.74 Å². The Morgan fingerprint density at radius 1 is 1.24 bits per heavy atom. The van der Waals surface area contributed by atoms with Crippen LogP contribution in [0.1, 0.15) is 11.1 Å². The van der Waals surface area contributed by atoms with E-state index in [2.05, 4.69) is 44.8 Å². The number of hydrogen-bond donors (Lipinski definition) is 0. The Labute approximate surface area is 111 Å². The lowest BCUT2D eigenvalue weighted by Crippen LogP contribution is -2.19. The van der Waals surface area contributed by atoms with E-state index in [-0.39, 0.29) is 0 Å². The molecular formula is C14H24OSSi. The molecule has 0 N–H and O–H groups in total. The first kappa shape index (κ1) is 14.6. The van der Waals surface area contributed by atoms with E-state index in [9.17, 15) is 0 Å². The van der Waals surface area contributed by atoms with Gasteiger partial charge in [-0.15, -0.1) is 0 Å². The highest BCUT2D eigenvalue weighted by Crippen LogP contribution is 2.25. The molecule has 1 aromatic rings. The van der Waals surface area contributed by atoms with Gasteiger partial charge in [0, 0.05) is 19.4 Å². The maximum Gasteiger partial charge on any atom is 0.122 e. The summed E-state index contributed by atoms with van der Waals surface area (Å²) in [6, 6.07) is 7.81. The average molecular weight is 268 g/mol. The third-order valence-electron chi connectivity index (χ3n) is 2.69. The van der Waals surface area contributed by atoms with Crippen LogP contribution in [-0.4, -0.2) is 20.9 Å². The van der Waals surface area contributed by atoms with Gasteiger partial charge in [-0.1, -0.05) is 37.3 Å². The van der Waals surface area contributed by atoms with Crippen molar-refractivity contribution in [3.8, 4) is 5.75 Å². The summed E-state index contributed by atoms with van der Waals surface area (Å²) in [4.78, 5) is 0. The van der Waals surface area contributed by atoms with Crippen molar-refractivity contribution in [2.45, 2.75) is 38.4 Å². The van der Waals surface area contributed by atoms with E-state index >= 15 is 0 Å². The molecule has 0 unspecified atom stereocenters. The fourth-order valence-corrected chi connectivity index (χ4v) is 5.20. The zero-order valence-corrected chi connectivity index (χ0v) is 13.5. The fraction of sp³-hybridized carbons (Fsp3) is 0.571. The van der Waals surface area contributed by atoms with E-state index in [0.29, 0.717) is 0 Å². The van der Waals surface area contributed by atoms with Crippen LogP contribution in [-0.2, 0) is 5.75 Å². The van der Waals surface area contributed by atoms with Gasteiger partial charge in [0.15, 0.2) is 0 Å². The van der Waals surface area contributed by atoms with E-state index in [1.807, 2.05) is 11.8 Å². The molecular weight excluding hydrogens is 244 g/mol. The Morgan fingerprint density at radius 3 is 2.53 bits per heavy atom. The molecule has 0 aliphatic heterocycles. The number of methoxy groups -OCH3 is 1.